The summed E-state index contributed by atoms with van der Waals surface area (Å²) < 4.78 is 5.46. The van der Waals surface area contributed by atoms with Gasteiger partial charge in [-0.15, -0.1) is 12.4 Å². The van der Waals surface area contributed by atoms with Gasteiger partial charge in [-0.25, -0.2) is 0 Å². The lowest BCUT2D eigenvalue weighted by molar-refractivity contribution is -0.118. The first-order valence-corrected chi connectivity index (χ1v) is 6.34. The van der Waals surface area contributed by atoms with E-state index in [0.717, 1.165) is 17.9 Å². The molecule has 0 heterocycles. The third-order valence-corrected chi connectivity index (χ3v) is 2.62. The predicted molar refractivity (Wildman–Crippen MR) is 80.9 cm³/mol. The first-order valence-electron chi connectivity index (χ1n) is 6.34. The Bertz CT molecular complexity index is 380. The third kappa shape index (κ3) is 5.94. The molecule has 108 valence electrons. The Morgan fingerprint density at radius 2 is 1.89 bits per heavy atom. The highest BCUT2D eigenvalue weighted by Gasteiger charge is 2.16. The second-order valence-electron chi connectivity index (χ2n) is 4.63. The van der Waals surface area contributed by atoms with Crippen molar-refractivity contribution in [1.29, 1.82) is 0 Å². The highest BCUT2D eigenvalue weighted by Crippen LogP contribution is 2.16. The molecule has 0 unspecified atom stereocenters. The van der Waals surface area contributed by atoms with Crippen LogP contribution in [-0.2, 0) is 4.79 Å². The molecule has 0 fully saturated rings. The highest BCUT2D eigenvalue weighted by atomic mass is 35.5. The molecule has 1 aromatic carbocycles. The van der Waals surface area contributed by atoms with Gasteiger partial charge in [0.25, 0.3) is 0 Å². The van der Waals surface area contributed by atoms with E-state index >= 15 is 0 Å². The number of halogens is 1. The molecule has 1 rings (SSSR count). The van der Waals surface area contributed by atoms with Crippen LogP contribution in [0.2, 0.25) is 0 Å². The quantitative estimate of drug-likeness (QED) is 0.845. The van der Waals surface area contributed by atoms with Gasteiger partial charge in [0.15, 0.2) is 0 Å². The van der Waals surface area contributed by atoms with Gasteiger partial charge in [-0.3, -0.25) is 4.79 Å². The molecule has 19 heavy (non-hydrogen) atoms. The number of ether oxygens (including phenoxy) is 1. The van der Waals surface area contributed by atoms with E-state index in [4.69, 9.17) is 10.5 Å². The van der Waals surface area contributed by atoms with Crippen LogP contribution < -0.4 is 15.8 Å². The molecule has 0 aliphatic heterocycles. The Labute approximate surface area is 121 Å². The van der Waals surface area contributed by atoms with Gasteiger partial charge in [-0.05, 0) is 36.6 Å². The molecule has 1 aromatic rings. The Balaban J connectivity index is 0.00000324. The van der Waals surface area contributed by atoms with E-state index in [1.54, 1.807) is 0 Å². The monoisotopic (exact) mass is 286 g/mol. The van der Waals surface area contributed by atoms with Crippen molar-refractivity contribution in [3.8, 4) is 5.75 Å². The van der Waals surface area contributed by atoms with Crippen LogP contribution in [-0.4, -0.2) is 18.6 Å². The van der Waals surface area contributed by atoms with Gasteiger partial charge in [0.2, 0.25) is 5.91 Å². The van der Waals surface area contributed by atoms with Gasteiger partial charge < -0.3 is 15.8 Å². The Hall–Kier alpha value is -1.26. The zero-order chi connectivity index (χ0) is 13.5. The second kappa shape index (κ2) is 8.77. The topological polar surface area (TPSA) is 64.3 Å². The summed E-state index contributed by atoms with van der Waals surface area (Å²) in [7, 11) is 0. The SMILES string of the molecule is CCCOc1ccc(NC(=O)[C@H](N)C(C)C)cc1.Cl. The van der Waals surface area contributed by atoms with Gasteiger partial charge in [-0.2, -0.15) is 0 Å². The number of carbonyl (C=O) groups is 1. The van der Waals surface area contributed by atoms with Crippen LogP contribution in [0.25, 0.3) is 0 Å². The Morgan fingerprint density at radius 3 is 2.37 bits per heavy atom. The summed E-state index contributed by atoms with van der Waals surface area (Å²) in [6, 6.07) is 6.82. The molecule has 0 bridgehead atoms. The number of benzene rings is 1. The van der Waals surface area contributed by atoms with Crippen LogP contribution in [0.3, 0.4) is 0 Å². The largest absolute Gasteiger partial charge is 0.494 e. The van der Waals surface area contributed by atoms with Gasteiger partial charge in [0.05, 0.1) is 12.6 Å². The van der Waals surface area contributed by atoms with Gasteiger partial charge in [-0.1, -0.05) is 20.8 Å². The fraction of sp³-hybridized carbons (Fsp3) is 0.500. The van der Waals surface area contributed by atoms with Crippen LogP contribution >= 0.6 is 12.4 Å². The van der Waals surface area contributed by atoms with E-state index < -0.39 is 6.04 Å². The van der Waals surface area contributed by atoms with Crippen molar-refractivity contribution in [3.05, 3.63) is 24.3 Å². The van der Waals surface area contributed by atoms with E-state index in [2.05, 4.69) is 12.2 Å². The molecule has 0 saturated carbocycles. The summed E-state index contributed by atoms with van der Waals surface area (Å²) in [5.41, 5.74) is 6.50. The van der Waals surface area contributed by atoms with E-state index in [-0.39, 0.29) is 24.2 Å². The molecule has 5 heteroatoms. The molecule has 1 atom stereocenters. The Morgan fingerprint density at radius 1 is 1.32 bits per heavy atom. The Kier molecular flexibility index (Phi) is 8.19. The fourth-order valence-electron chi connectivity index (χ4n) is 1.38. The maximum Gasteiger partial charge on any atom is 0.241 e. The number of hydrogen-bond donors (Lipinski definition) is 2. The highest BCUT2D eigenvalue weighted by molar-refractivity contribution is 5.94. The van der Waals surface area contributed by atoms with Crippen molar-refractivity contribution >= 4 is 24.0 Å². The standard InChI is InChI=1S/C14H22N2O2.ClH/c1-4-9-18-12-7-5-11(6-8-12)16-14(17)13(15)10(2)3;/h5-8,10,13H,4,9,15H2,1-3H3,(H,16,17);1H/t13-;/m1./s1. The summed E-state index contributed by atoms with van der Waals surface area (Å²) in [5, 5.41) is 2.79. The van der Waals surface area contributed by atoms with Crippen molar-refractivity contribution in [3.63, 3.8) is 0 Å². The molecule has 0 radical (unpaired) electrons. The first kappa shape index (κ1) is 17.7. The first-order chi connectivity index (χ1) is 8.54. The molecule has 4 nitrogen and oxygen atoms in total. The van der Waals surface area contributed by atoms with Gasteiger partial charge >= 0.3 is 0 Å². The number of nitrogens with one attached hydrogen (secondary N) is 1. The fourth-order valence-corrected chi connectivity index (χ4v) is 1.38. The van der Waals surface area contributed by atoms with Crippen molar-refractivity contribution in [2.24, 2.45) is 11.7 Å². The van der Waals surface area contributed by atoms with Crippen molar-refractivity contribution < 1.29 is 9.53 Å². The zero-order valence-corrected chi connectivity index (χ0v) is 12.5. The second-order valence-corrected chi connectivity index (χ2v) is 4.63. The lowest BCUT2D eigenvalue weighted by atomic mass is 10.1. The third-order valence-electron chi connectivity index (χ3n) is 2.62. The van der Waals surface area contributed by atoms with Crippen LogP contribution in [0.15, 0.2) is 24.3 Å². The average molecular weight is 287 g/mol. The summed E-state index contributed by atoms with van der Waals surface area (Å²) in [6.45, 7) is 6.60. The predicted octanol–water partition coefficient (Wildman–Crippen LogP) is 2.82. The van der Waals surface area contributed by atoms with Crippen molar-refractivity contribution in [2.45, 2.75) is 33.2 Å². The van der Waals surface area contributed by atoms with Crippen LogP contribution in [0.1, 0.15) is 27.2 Å². The lowest BCUT2D eigenvalue weighted by Gasteiger charge is -2.15. The minimum Gasteiger partial charge on any atom is -0.494 e. The molecule has 0 spiro atoms. The number of rotatable bonds is 6. The summed E-state index contributed by atoms with van der Waals surface area (Å²) in [6.07, 6.45) is 0.974. The number of hydrogen-bond acceptors (Lipinski definition) is 3. The number of carbonyl (C=O) groups excluding carboxylic acids is 1. The lowest BCUT2D eigenvalue weighted by Crippen LogP contribution is -2.39. The van der Waals surface area contributed by atoms with Crippen molar-refractivity contribution in [2.75, 3.05) is 11.9 Å². The van der Waals surface area contributed by atoms with E-state index in [1.807, 2.05) is 38.1 Å². The molecule has 0 aromatic heterocycles. The average Bonchev–Trinajstić information content (AvgIpc) is 2.36. The molecule has 0 aliphatic carbocycles. The summed E-state index contributed by atoms with van der Waals surface area (Å²) in [5.74, 6) is 0.771. The molecular formula is C14H23ClN2O2. The zero-order valence-electron chi connectivity index (χ0n) is 11.7. The maximum atomic E-state index is 11.7. The molecular weight excluding hydrogens is 264 g/mol. The van der Waals surface area contributed by atoms with E-state index in [1.165, 1.54) is 0 Å². The molecule has 0 aliphatic rings. The minimum absolute atomic E-state index is 0. The van der Waals surface area contributed by atoms with Crippen molar-refractivity contribution in [1.82, 2.24) is 0 Å². The number of anilines is 1. The van der Waals surface area contributed by atoms with Crippen LogP contribution in [0.4, 0.5) is 5.69 Å². The molecule has 1 amide bonds. The van der Waals surface area contributed by atoms with Gasteiger partial charge in [0, 0.05) is 5.69 Å². The van der Waals surface area contributed by atoms with E-state index in [0.29, 0.717) is 6.61 Å². The summed E-state index contributed by atoms with van der Waals surface area (Å²) in [4.78, 5) is 11.7. The minimum atomic E-state index is -0.485. The normalized spacial score (nSPS) is 11.6. The summed E-state index contributed by atoms with van der Waals surface area (Å²) >= 11 is 0. The van der Waals surface area contributed by atoms with Gasteiger partial charge in [0.1, 0.15) is 5.75 Å². The number of nitrogens with two attached hydrogens (primary N) is 1. The molecule has 0 saturated heterocycles. The van der Waals surface area contributed by atoms with E-state index in [9.17, 15) is 4.79 Å². The van der Waals surface area contributed by atoms with Crippen LogP contribution in [0.5, 0.6) is 5.75 Å². The number of amides is 1. The maximum absolute atomic E-state index is 11.7. The smallest absolute Gasteiger partial charge is 0.241 e. The van der Waals surface area contributed by atoms with Crippen LogP contribution in [0, 0.1) is 5.92 Å². The molecule has 3 N–H and O–H groups in total.